The van der Waals surface area contributed by atoms with Crippen LogP contribution in [0.3, 0.4) is 0 Å². The molecule has 21 heavy (non-hydrogen) atoms. The van der Waals surface area contributed by atoms with Crippen LogP contribution in [0.25, 0.3) is 0 Å². The lowest BCUT2D eigenvalue weighted by Gasteiger charge is -2.35. The van der Waals surface area contributed by atoms with Crippen LogP contribution >= 0.6 is 11.3 Å². The van der Waals surface area contributed by atoms with Crippen molar-refractivity contribution in [2.45, 2.75) is 51.5 Å². The van der Waals surface area contributed by atoms with Crippen molar-refractivity contribution in [1.29, 1.82) is 0 Å². The summed E-state index contributed by atoms with van der Waals surface area (Å²) in [6, 6.07) is -0.305. The van der Waals surface area contributed by atoms with E-state index in [2.05, 4.69) is 10.3 Å². The van der Waals surface area contributed by atoms with Crippen molar-refractivity contribution >= 4 is 28.5 Å². The second-order valence-electron chi connectivity index (χ2n) is 6.25. The first-order valence-corrected chi connectivity index (χ1v) is 7.91. The van der Waals surface area contributed by atoms with Crippen LogP contribution in [0.15, 0.2) is 5.38 Å². The SMILES string of the molecule is CC(C)(C)N(CCC(=O)O)C(=O)Nc1nc(C2CC2)cs1. The van der Waals surface area contributed by atoms with Crippen molar-refractivity contribution in [1.82, 2.24) is 9.88 Å². The summed E-state index contributed by atoms with van der Waals surface area (Å²) in [5.41, 5.74) is 0.596. The number of anilines is 1. The summed E-state index contributed by atoms with van der Waals surface area (Å²) in [5, 5.41) is 14.1. The fourth-order valence-corrected chi connectivity index (χ4v) is 2.80. The van der Waals surface area contributed by atoms with Crippen LogP contribution < -0.4 is 5.32 Å². The average Bonchev–Trinajstić information content (AvgIpc) is 3.09. The topological polar surface area (TPSA) is 82.5 Å². The van der Waals surface area contributed by atoms with E-state index in [0.29, 0.717) is 11.0 Å². The summed E-state index contributed by atoms with van der Waals surface area (Å²) in [5.74, 6) is -0.361. The molecule has 2 N–H and O–H groups in total. The largest absolute Gasteiger partial charge is 0.481 e. The van der Waals surface area contributed by atoms with Crippen molar-refractivity contribution in [2.24, 2.45) is 0 Å². The standard InChI is InChI=1S/C14H21N3O3S/c1-14(2,3)17(7-6-11(18)19)13(20)16-12-15-10(8-21-12)9-4-5-9/h8-9H,4-7H2,1-3H3,(H,18,19)(H,15,16,20). The minimum atomic E-state index is -0.915. The molecule has 1 aromatic heterocycles. The Hall–Kier alpha value is -1.63. The predicted molar refractivity (Wildman–Crippen MR) is 81.8 cm³/mol. The van der Waals surface area contributed by atoms with Crippen molar-refractivity contribution in [2.75, 3.05) is 11.9 Å². The van der Waals surface area contributed by atoms with Crippen molar-refractivity contribution in [3.05, 3.63) is 11.1 Å². The van der Waals surface area contributed by atoms with Gasteiger partial charge in [0.2, 0.25) is 0 Å². The summed E-state index contributed by atoms with van der Waals surface area (Å²) in [6.07, 6.45) is 2.27. The van der Waals surface area contributed by atoms with Gasteiger partial charge in [0.1, 0.15) is 0 Å². The van der Waals surface area contributed by atoms with Crippen LogP contribution in [0.5, 0.6) is 0 Å². The maximum atomic E-state index is 12.4. The molecule has 0 aromatic carbocycles. The Morgan fingerprint density at radius 3 is 2.67 bits per heavy atom. The maximum absolute atomic E-state index is 12.4. The van der Waals surface area contributed by atoms with Crippen LogP contribution in [0, 0.1) is 0 Å². The van der Waals surface area contributed by atoms with Gasteiger partial charge in [0.15, 0.2) is 5.13 Å². The van der Waals surface area contributed by atoms with E-state index in [1.54, 1.807) is 0 Å². The van der Waals surface area contributed by atoms with Crippen LogP contribution in [0.2, 0.25) is 0 Å². The van der Waals surface area contributed by atoms with Crippen LogP contribution in [0.4, 0.5) is 9.93 Å². The molecular weight excluding hydrogens is 290 g/mol. The number of urea groups is 1. The summed E-state index contributed by atoms with van der Waals surface area (Å²) >= 11 is 1.41. The molecule has 1 aliphatic rings. The number of nitrogens with one attached hydrogen (secondary N) is 1. The zero-order valence-electron chi connectivity index (χ0n) is 12.5. The molecule has 116 valence electrons. The van der Waals surface area contributed by atoms with Gasteiger partial charge in [0.25, 0.3) is 0 Å². The molecule has 2 amide bonds. The number of carbonyl (C=O) groups is 2. The van der Waals surface area contributed by atoms with Crippen LogP contribution in [-0.4, -0.2) is 39.1 Å². The third-order valence-corrected chi connectivity index (χ3v) is 4.11. The quantitative estimate of drug-likeness (QED) is 0.875. The van der Waals surface area contributed by atoms with Gasteiger partial charge in [-0.25, -0.2) is 9.78 Å². The highest BCUT2D eigenvalue weighted by atomic mass is 32.1. The Kier molecular flexibility index (Phi) is 4.51. The normalized spacial score (nSPS) is 14.8. The Balaban J connectivity index is 2.00. The molecule has 0 saturated heterocycles. The van der Waals surface area contributed by atoms with Gasteiger partial charge in [-0.1, -0.05) is 0 Å². The lowest BCUT2D eigenvalue weighted by Crippen LogP contribution is -2.48. The molecule has 7 heteroatoms. The lowest BCUT2D eigenvalue weighted by atomic mass is 10.1. The summed E-state index contributed by atoms with van der Waals surface area (Å²) in [4.78, 5) is 29.0. The molecule has 0 radical (unpaired) electrons. The summed E-state index contributed by atoms with van der Waals surface area (Å²) in [6.45, 7) is 5.81. The lowest BCUT2D eigenvalue weighted by molar-refractivity contribution is -0.137. The van der Waals surface area contributed by atoms with Gasteiger partial charge >= 0.3 is 12.0 Å². The molecule has 1 saturated carbocycles. The molecule has 1 heterocycles. The van der Waals surface area contributed by atoms with Gasteiger partial charge in [0, 0.05) is 23.4 Å². The summed E-state index contributed by atoms with van der Waals surface area (Å²) < 4.78 is 0. The van der Waals surface area contributed by atoms with Crippen LogP contribution in [0.1, 0.15) is 51.6 Å². The summed E-state index contributed by atoms with van der Waals surface area (Å²) in [7, 11) is 0. The highest BCUT2D eigenvalue weighted by Crippen LogP contribution is 2.40. The zero-order valence-corrected chi connectivity index (χ0v) is 13.4. The molecule has 1 aromatic rings. The Bertz CT molecular complexity index is 532. The molecule has 0 aliphatic heterocycles. The van der Waals surface area contributed by atoms with Gasteiger partial charge in [-0.15, -0.1) is 11.3 Å². The van der Waals surface area contributed by atoms with Gasteiger partial charge in [0.05, 0.1) is 12.1 Å². The van der Waals surface area contributed by atoms with E-state index in [0.717, 1.165) is 5.69 Å². The first-order chi connectivity index (χ1) is 9.77. The van der Waals surface area contributed by atoms with E-state index in [1.807, 2.05) is 26.2 Å². The minimum absolute atomic E-state index is 0.0735. The van der Waals surface area contributed by atoms with Gasteiger partial charge < -0.3 is 10.0 Å². The smallest absolute Gasteiger partial charge is 0.324 e. The zero-order chi connectivity index (χ0) is 15.6. The first-order valence-electron chi connectivity index (χ1n) is 7.03. The molecular formula is C14H21N3O3S. The van der Waals surface area contributed by atoms with E-state index in [4.69, 9.17) is 5.11 Å². The highest BCUT2D eigenvalue weighted by Gasteiger charge is 2.29. The number of carboxylic acid groups (broad SMARTS) is 1. The molecule has 0 unspecified atom stereocenters. The number of hydrogen-bond donors (Lipinski definition) is 2. The van der Waals surface area contributed by atoms with Gasteiger partial charge in [-0.3, -0.25) is 10.1 Å². The van der Waals surface area contributed by atoms with E-state index >= 15 is 0 Å². The number of carbonyl (C=O) groups excluding carboxylic acids is 1. The molecule has 6 nitrogen and oxygen atoms in total. The van der Waals surface area contributed by atoms with Gasteiger partial charge in [-0.05, 0) is 33.6 Å². The maximum Gasteiger partial charge on any atom is 0.324 e. The third kappa shape index (κ3) is 4.42. The monoisotopic (exact) mass is 311 g/mol. The van der Waals surface area contributed by atoms with Crippen molar-refractivity contribution < 1.29 is 14.7 Å². The average molecular weight is 311 g/mol. The second-order valence-corrected chi connectivity index (χ2v) is 7.11. The molecule has 0 spiro atoms. The molecule has 2 rings (SSSR count). The molecule has 1 fully saturated rings. The fourth-order valence-electron chi connectivity index (χ4n) is 2.02. The van der Waals surface area contributed by atoms with E-state index in [1.165, 1.54) is 29.1 Å². The number of rotatable bonds is 5. The number of amides is 2. The Labute approximate surface area is 128 Å². The van der Waals surface area contributed by atoms with E-state index in [9.17, 15) is 9.59 Å². The highest BCUT2D eigenvalue weighted by molar-refractivity contribution is 7.13. The third-order valence-electron chi connectivity index (χ3n) is 3.34. The second kappa shape index (κ2) is 6.01. The Morgan fingerprint density at radius 2 is 2.14 bits per heavy atom. The molecule has 0 atom stereocenters. The molecule has 0 bridgehead atoms. The Morgan fingerprint density at radius 1 is 1.48 bits per heavy atom. The number of carboxylic acids is 1. The first kappa shape index (κ1) is 15.8. The predicted octanol–water partition coefficient (Wildman–Crippen LogP) is 3.13. The minimum Gasteiger partial charge on any atom is -0.481 e. The van der Waals surface area contributed by atoms with Crippen molar-refractivity contribution in [3.8, 4) is 0 Å². The number of aromatic nitrogens is 1. The van der Waals surface area contributed by atoms with Crippen LogP contribution in [-0.2, 0) is 4.79 Å². The number of thiazole rings is 1. The van der Waals surface area contributed by atoms with E-state index < -0.39 is 11.5 Å². The number of nitrogens with zero attached hydrogens (tertiary/aromatic N) is 2. The number of aliphatic carboxylic acids is 1. The van der Waals surface area contributed by atoms with E-state index in [-0.39, 0.29) is 19.0 Å². The number of hydrogen-bond acceptors (Lipinski definition) is 4. The molecule has 1 aliphatic carbocycles. The fraction of sp³-hybridized carbons (Fsp3) is 0.643. The van der Waals surface area contributed by atoms with Crippen molar-refractivity contribution in [3.63, 3.8) is 0 Å². The van der Waals surface area contributed by atoms with Gasteiger partial charge in [-0.2, -0.15) is 0 Å².